The Bertz CT molecular complexity index is 459. The van der Waals surface area contributed by atoms with Gasteiger partial charge in [0, 0.05) is 18.8 Å². The summed E-state index contributed by atoms with van der Waals surface area (Å²) in [5.41, 5.74) is 1.98. The van der Waals surface area contributed by atoms with Crippen LogP contribution in [0.25, 0.3) is 0 Å². The Labute approximate surface area is 134 Å². The summed E-state index contributed by atoms with van der Waals surface area (Å²) in [5, 5.41) is 2.84. The fourth-order valence-electron chi connectivity index (χ4n) is 2.14. The number of carbonyl (C=O) groups is 1. The Morgan fingerprint density at radius 3 is 2.68 bits per heavy atom. The van der Waals surface area contributed by atoms with Gasteiger partial charge in [0.1, 0.15) is 6.61 Å². The molecule has 4 heteroatoms. The first-order chi connectivity index (χ1) is 10.5. The van der Waals surface area contributed by atoms with Crippen LogP contribution in [0.15, 0.2) is 42.6 Å². The Kier molecular flexibility index (Phi) is 8.30. The third-order valence-corrected chi connectivity index (χ3v) is 3.70. The molecule has 1 aromatic rings. The number of rotatable bonds is 10. The number of nitrogens with one attached hydrogen (secondary N) is 1. The molecule has 0 bridgehead atoms. The van der Waals surface area contributed by atoms with Crippen LogP contribution < -0.4 is 5.32 Å². The maximum Gasteiger partial charge on any atom is 0.246 e. The number of ether oxygens (including phenoxy) is 1. The van der Waals surface area contributed by atoms with Gasteiger partial charge in [0.05, 0.1) is 13.2 Å². The fraction of sp³-hybridized carbons (Fsp3) is 0.500. The van der Waals surface area contributed by atoms with E-state index in [-0.39, 0.29) is 12.5 Å². The van der Waals surface area contributed by atoms with Gasteiger partial charge < -0.3 is 15.0 Å². The lowest BCUT2D eigenvalue weighted by atomic mass is 10.1. The average Bonchev–Trinajstić information content (AvgIpc) is 2.53. The summed E-state index contributed by atoms with van der Waals surface area (Å²) in [5.74, 6) is -0.117. The average molecular weight is 304 g/mol. The summed E-state index contributed by atoms with van der Waals surface area (Å²) in [6.45, 7) is 9.33. The van der Waals surface area contributed by atoms with Crippen molar-refractivity contribution >= 4 is 5.91 Å². The molecule has 1 rings (SSSR count). The molecule has 0 aliphatic rings. The van der Waals surface area contributed by atoms with E-state index in [0.717, 1.165) is 24.1 Å². The molecule has 0 aliphatic heterocycles. The SMILES string of the molecule is C=C(CNC(=O)COCc1ccccc1)N(C)C(C)CCC. The van der Waals surface area contributed by atoms with Crippen molar-refractivity contribution in [2.24, 2.45) is 0 Å². The molecule has 1 atom stereocenters. The molecule has 1 aromatic carbocycles. The first-order valence-electron chi connectivity index (χ1n) is 7.83. The topological polar surface area (TPSA) is 41.6 Å². The number of amides is 1. The minimum absolute atomic E-state index is 0.0659. The van der Waals surface area contributed by atoms with E-state index in [2.05, 4.69) is 30.6 Å². The number of hydrogen-bond acceptors (Lipinski definition) is 3. The van der Waals surface area contributed by atoms with Crippen molar-refractivity contribution in [3.05, 3.63) is 48.2 Å². The Balaban J connectivity index is 2.21. The summed E-state index contributed by atoms with van der Waals surface area (Å²) in [6, 6.07) is 10.3. The summed E-state index contributed by atoms with van der Waals surface area (Å²) in [6.07, 6.45) is 2.25. The van der Waals surface area contributed by atoms with Crippen LogP contribution in [-0.2, 0) is 16.1 Å². The first-order valence-corrected chi connectivity index (χ1v) is 7.83. The van der Waals surface area contributed by atoms with Crippen LogP contribution in [0.5, 0.6) is 0 Å². The molecule has 0 saturated carbocycles. The van der Waals surface area contributed by atoms with Crippen molar-refractivity contribution in [3.8, 4) is 0 Å². The van der Waals surface area contributed by atoms with E-state index in [9.17, 15) is 4.79 Å². The van der Waals surface area contributed by atoms with Gasteiger partial charge in [-0.3, -0.25) is 4.79 Å². The van der Waals surface area contributed by atoms with E-state index in [1.165, 1.54) is 0 Å². The number of likely N-dealkylation sites (N-methyl/N-ethyl adjacent to an activating group) is 1. The number of carbonyl (C=O) groups excluding carboxylic acids is 1. The van der Waals surface area contributed by atoms with E-state index in [1.807, 2.05) is 37.4 Å². The Hall–Kier alpha value is -1.81. The molecule has 0 saturated heterocycles. The monoisotopic (exact) mass is 304 g/mol. The van der Waals surface area contributed by atoms with Gasteiger partial charge in [0.25, 0.3) is 0 Å². The molecule has 4 nitrogen and oxygen atoms in total. The minimum Gasteiger partial charge on any atom is -0.374 e. The van der Waals surface area contributed by atoms with E-state index in [1.54, 1.807) is 0 Å². The molecule has 0 aromatic heterocycles. The summed E-state index contributed by atoms with van der Waals surface area (Å²) in [7, 11) is 2.01. The van der Waals surface area contributed by atoms with Crippen LogP contribution in [0.2, 0.25) is 0 Å². The Morgan fingerprint density at radius 1 is 1.36 bits per heavy atom. The molecule has 0 fully saturated rings. The third-order valence-electron chi connectivity index (χ3n) is 3.70. The predicted molar refractivity (Wildman–Crippen MR) is 90.4 cm³/mol. The molecule has 0 spiro atoms. The largest absolute Gasteiger partial charge is 0.374 e. The second-order valence-electron chi connectivity index (χ2n) is 5.57. The molecule has 0 radical (unpaired) electrons. The zero-order valence-corrected chi connectivity index (χ0v) is 14.0. The zero-order chi connectivity index (χ0) is 16.4. The summed E-state index contributed by atoms with van der Waals surface area (Å²) < 4.78 is 5.40. The second kappa shape index (κ2) is 10.0. The maximum atomic E-state index is 11.8. The summed E-state index contributed by atoms with van der Waals surface area (Å²) in [4.78, 5) is 13.9. The molecule has 122 valence electrons. The molecule has 1 amide bonds. The van der Waals surface area contributed by atoms with E-state index < -0.39 is 0 Å². The van der Waals surface area contributed by atoms with Crippen LogP contribution in [0.3, 0.4) is 0 Å². The molecule has 0 aliphatic carbocycles. The van der Waals surface area contributed by atoms with Crippen LogP contribution in [0.1, 0.15) is 32.3 Å². The lowest BCUT2D eigenvalue weighted by molar-refractivity contribution is -0.126. The molecule has 0 heterocycles. The maximum absolute atomic E-state index is 11.8. The van der Waals surface area contributed by atoms with Crippen molar-refractivity contribution in [1.29, 1.82) is 0 Å². The highest BCUT2D eigenvalue weighted by Gasteiger charge is 2.11. The van der Waals surface area contributed by atoms with Gasteiger partial charge in [-0.15, -0.1) is 0 Å². The van der Waals surface area contributed by atoms with Crippen LogP contribution in [-0.4, -0.2) is 37.0 Å². The van der Waals surface area contributed by atoms with Crippen molar-refractivity contribution in [1.82, 2.24) is 10.2 Å². The van der Waals surface area contributed by atoms with Crippen molar-refractivity contribution in [2.45, 2.75) is 39.3 Å². The quantitative estimate of drug-likeness (QED) is 0.722. The molecule has 1 N–H and O–H groups in total. The van der Waals surface area contributed by atoms with Gasteiger partial charge in [0.15, 0.2) is 0 Å². The van der Waals surface area contributed by atoms with E-state index >= 15 is 0 Å². The molecular weight excluding hydrogens is 276 g/mol. The molecule has 22 heavy (non-hydrogen) atoms. The van der Waals surface area contributed by atoms with Gasteiger partial charge >= 0.3 is 0 Å². The number of benzene rings is 1. The van der Waals surface area contributed by atoms with Gasteiger partial charge in [-0.1, -0.05) is 50.3 Å². The highest BCUT2D eigenvalue weighted by Crippen LogP contribution is 2.09. The highest BCUT2D eigenvalue weighted by molar-refractivity contribution is 5.77. The lowest BCUT2D eigenvalue weighted by Crippen LogP contribution is -2.36. The number of hydrogen-bond donors (Lipinski definition) is 1. The smallest absolute Gasteiger partial charge is 0.246 e. The normalized spacial score (nSPS) is 11.8. The lowest BCUT2D eigenvalue weighted by Gasteiger charge is -2.28. The highest BCUT2D eigenvalue weighted by atomic mass is 16.5. The fourth-order valence-corrected chi connectivity index (χ4v) is 2.14. The Morgan fingerprint density at radius 2 is 2.05 bits per heavy atom. The molecule has 1 unspecified atom stereocenters. The first kappa shape index (κ1) is 18.2. The number of nitrogens with zero attached hydrogens (tertiary/aromatic N) is 1. The predicted octanol–water partition coefficient (Wildman–Crippen LogP) is 2.95. The zero-order valence-electron chi connectivity index (χ0n) is 14.0. The second-order valence-corrected chi connectivity index (χ2v) is 5.57. The summed E-state index contributed by atoms with van der Waals surface area (Å²) >= 11 is 0. The van der Waals surface area contributed by atoms with Gasteiger partial charge in [-0.2, -0.15) is 0 Å². The van der Waals surface area contributed by atoms with Crippen molar-refractivity contribution < 1.29 is 9.53 Å². The van der Waals surface area contributed by atoms with Crippen molar-refractivity contribution in [3.63, 3.8) is 0 Å². The van der Waals surface area contributed by atoms with Crippen molar-refractivity contribution in [2.75, 3.05) is 20.2 Å². The third kappa shape index (κ3) is 6.76. The van der Waals surface area contributed by atoms with Gasteiger partial charge in [0.2, 0.25) is 5.91 Å². The van der Waals surface area contributed by atoms with Crippen LogP contribution in [0.4, 0.5) is 0 Å². The van der Waals surface area contributed by atoms with Crippen LogP contribution in [0, 0.1) is 0 Å². The van der Waals surface area contributed by atoms with E-state index in [4.69, 9.17) is 4.74 Å². The minimum atomic E-state index is -0.117. The van der Waals surface area contributed by atoms with E-state index in [0.29, 0.717) is 19.2 Å². The van der Waals surface area contributed by atoms with Gasteiger partial charge in [-0.25, -0.2) is 0 Å². The van der Waals surface area contributed by atoms with Gasteiger partial charge in [-0.05, 0) is 18.9 Å². The van der Waals surface area contributed by atoms with Crippen LogP contribution >= 0.6 is 0 Å². The standard InChI is InChI=1S/C18H28N2O2/c1-5-9-15(2)20(4)16(3)12-19-18(21)14-22-13-17-10-7-6-8-11-17/h6-8,10-11,15H,3,5,9,12-14H2,1-2,4H3,(H,19,21). The molecular formula is C18H28N2O2.